The van der Waals surface area contributed by atoms with Crippen LogP contribution < -0.4 is 9.64 Å². The van der Waals surface area contributed by atoms with E-state index in [4.69, 9.17) is 4.74 Å². The summed E-state index contributed by atoms with van der Waals surface area (Å²) in [6.45, 7) is 1.35. The lowest BCUT2D eigenvalue weighted by Crippen LogP contribution is -2.30. The van der Waals surface area contributed by atoms with Crippen molar-refractivity contribution < 1.29 is 9.53 Å². The standard InChI is InChI=1S/C16H19N3O2S/c1-18(2)15-14(4-3-7-17-15)21-13-5-8-19(10-13)16(20)12-6-9-22-11-12/h3-4,6-7,9,11,13H,5,8,10H2,1-2H3/t13-/m0/s1. The number of nitrogens with zero attached hydrogens (tertiary/aromatic N) is 3. The first-order chi connectivity index (χ1) is 10.6. The van der Waals surface area contributed by atoms with Crippen molar-refractivity contribution in [3.63, 3.8) is 0 Å². The Kier molecular flexibility index (Phi) is 4.29. The van der Waals surface area contributed by atoms with Crippen molar-refractivity contribution in [2.45, 2.75) is 12.5 Å². The van der Waals surface area contributed by atoms with E-state index in [1.54, 1.807) is 17.5 Å². The highest BCUT2D eigenvalue weighted by molar-refractivity contribution is 7.08. The lowest BCUT2D eigenvalue weighted by atomic mass is 10.3. The molecule has 3 rings (SSSR count). The number of hydrogen-bond acceptors (Lipinski definition) is 5. The van der Waals surface area contributed by atoms with Gasteiger partial charge in [0.15, 0.2) is 11.6 Å². The van der Waals surface area contributed by atoms with Gasteiger partial charge in [-0.1, -0.05) is 0 Å². The molecule has 5 nitrogen and oxygen atoms in total. The Morgan fingerprint density at radius 2 is 2.32 bits per heavy atom. The van der Waals surface area contributed by atoms with E-state index >= 15 is 0 Å². The molecule has 0 N–H and O–H groups in total. The Labute approximate surface area is 134 Å². The van der Waals surface area contributed by atoms with Crippen molar-refractivity contribution in [3.8, 4) is 5.75 Å². The SMILES string of the molecule is CN(C)c1ncccc1O[C@H]1CCN(C(=O)c2ccsc2)C1. The highest BCUT2D eigenvalue weighted by Gasteiger charge is 2.29. The average molecular weight is 317 g/mol. The van der Waals surface area contributed by atoms with Crippen molar-refractivity contribution >= 4 is 23.1 Å². The number of likely N-dealkylation sites (tertiary alicyclic amines) is 1. The number of carbonyl (C=O) groups excluding carboxylic acids is 1. The summed E-state index contributed by atoms with van der Waals surface area (Å²) in [5.74, 6) is 1.67. The van der Waals surface area contributed by atoms with Crippen LogP contribution in [0.3, 0.4) is 0 Å². The Balaban J connectivity index is 1.65. The molecule has 0 aliphatic carbocycles. The Hall–Kier alpha value is -2.08. The van der Waals surface area contributed by atoms with Gasteiger partial charge < -0.3 is 14.5 Å². The molecule has 1 atom stereocenters. The zero-order chi connectivity index (χ0) is 15.5. The second kappa shape index (κ2) is 6.36. The summed E-state index contributed by atoms with van der Waals surface area (Å²) >= 11 is 1.54. The van der Waals surface area contributed by atoms with Crippen molar-refractivity contribution in [3.05, 3.63) is 40.7 Å². The first kappa shape index (κ1) is 14.8. The van der Waals surface area contributed by atoms with Gasteiger partial charge in [0.25, 0.3) is 5.91 Å². The van der Waals surface area contributed by atoms with Gasteiger partial charge in [-0.05, 0) is 23.6 Å². The van der Waals surface area contributed by atoms with Crippen molar-refractivity contribution in [2.75, 3.05) is 32.1 Å². The molecule has 2 aromatic heterocycles. The van der Waals surface area contributed by atoms with E-state index in [0.29, 0.717) is 6.54 Å². The van der Waals surface area contributed by atoms with Gasteiger partial charge in [0.2, 0.25) is 0 Å². The number of pyridine rings is 1. The molecule has 3 heterocycles. The van der Waals surface area contributed by atoms with E-state index in [0.717, 1.165) is 30.1 Å². The minimum Gasteiger partial charge on any atom is -0.485 e. The fourth-order valence-electron chi connectivity index (χ4n) is 2.57. The van der Waals surface area contributed by atoms with Gasteiger partial charge in [-0.2, -0.15) is 11.3 Å². The van der Waals surface area contributed by atoms with E-state index in [-0.39, 0.29) is 12.0 Å². The number of anilines is 1. The topological polar surface area (TPSA) is 45.7 Å². The number of ether oxygens (including phenoxy) is 1. The minimum atomic E-state index is 0.0190. The lowest BCUT2D eigenvalue weighted by Gasteiger charge is -2.20. The zero-order valence-corrected chi connectivity index (χ0v) is 13.5. The summed E-state index contributed by atoms with van der Waals surface area (Å²) < 4.78 is 6.07. The number of aromatic nitrogens is 1. The van der Waals surface area contributed by atoms with E-state index < -0.39 is 0 Å². The number of thiophene rings is 1. The van der Waals surface area contributed by atoms with Crippen LogP contribution in [0.25, 0.3) is 0 Å². The van der Waals surface area contributed by atoms with Crippen LogP contribution in [0.5, 0.6) is 5.75 Å². The Bertz CT molecular complexity index is 643. The number of rotatable bonds is 4. The monoisotopic (exact) mass is 317 g/mol. The normalized spacial score (nSPS) is 17.5. The minimum absolute atomic E-state index is 0.0190. The van der Waals surface area contributed by atoms with Gasteiger partial charge in [-0.15, -0.1) is 0 Å². The molecule has 0 aromatic carbocycles. The third kappa shape index (κ3) is 3.06. The Morgan fingerprint density at radius 1 is 1.45 bits per heavy atom. The largest absolute Gasteiger partial charge is 0.485 e. The predicted octanol–water partition coefficient (Wildman–Crippen LogP) is 2.50. The van der Waals surface area contributed by atoms with E-state index in [9.17, 15) is 4.79 Å². The molecule has 1 saturated heterocycles. The predicted molar refractivity (Wildman–Crippen MR) is 87.8 cm³/mol. The third-order valence-corrected chi connectivity index (χ3v) is 4.35. The van der Waals surface area contributed by atoms with Gasteiger partial charge in [0.1, 0.15) is 6.10 Å². The fraction of sp³-hybridized carbons (Fsp3) is 0.375. The van der Waals surface area contributed by atoms with Crippen molar-refractivity contribution in [1.29, 1.82) is 0 Å². The lowest BCUT2D eigenvalue weighted by molar-refractivity contribution is 0.0773. The maximum Gasteiger partial charge on any atom is 0.254 e. The van der Waals surface area contributed by atoms with Crippen molar-refractivity contribution in [1.82, 2.24) is 9.88 Å². The van der Waals surface area contributed by atoms with Crippen LogP contribution in [-0.4, -0.2) is 49.1 Å². The van der Waals surface area contributed by atoms with Crippen LogP contribution in [0.2, 0.25) is 0 Å². The molecule has 1 aliphatic heterocycles. The summed E-state index contributed by atoms with van der Waals surface area (Å²) in [5, 5.41) is 3.82. The molecule has 0 spiro atoms. The van der Waals surface area contributed by atoms with Gasteiger partial charge in [0.05, 0.1) is 12.1 Å². The molecule has 1 aliphatic rings. The molecule has 22 heavy (non-hydrogen) atoms. The highest BCUT2D eigenvalue weighted by atomic mass is 32.1. The molecule has 1 amide bonds. The molecular formula is C16H19N3O2S. The molecule has 0 radical (unpaired) electrons. The fourth-order valence-corrected chi connectivity index (χ4v) is 3.20. The summed E-state index contributed by atoms with van der Waals surface area (Å²) in [6, 6.07) is 5.66. The van der Waals surface area contributed by atoms with E-state index in [1.807, 2.05) is 52.9 Å². The van der Waals surface area contributed by atoms with Crippen LogP contribution in [-0.2, 0) is 0 Å². The quantitative estimate of drug-likeness (QED) is 0.869. The summed E-state index contributed by atoms with van der Waals surface area (Å²) in [6.07, 6.45) is 2.62. The van der Waals surface area contributed by atoms with Gasteiger partial charge in [0, 0.05) is 38.6 Å². The maximum atomic E-state index is 12.3. The molecule has 0 bridgehead atoms. The van der Waals surface area contributed by atoms with Crippen molar-refractivity contribution in [2.24, 2.45) is 0 Å². The molecular weight excluding hydrogens is 298 g/mol. The van der Waals surface area contributed by atoms with Crippen LogP contribution in [0, 0.1) is 0 Å². The van der Waals surface area contributed by atoms with Gasteiger partial charge in [-0.25, -0.2) is 4.98 Å². The Morgan fingerprint density at radius 3 is 3.05 bits per heavy atom. The van der Waals surface area contributed by atoms with Gasteiger partial charge in [-0.3, -0.25) is 4.79 Å². The molecule has 116 valence electrons. The van der Waals surface area contributed by atoms with Crippen LogP contribution in [0.1, 0.15) is 16.8 Å². The van der Waals surface area contributed by atoms with Crippen LogP contribution in [0.4, 0.5) is 5.82 Å². The summed E-state index contributed by atoms with van der Waals surface area (Å²) in [5.41, 5.74) is 0.765. The molecule has 0 unspecified atom stereocenters. The number of amides is 1. The molecule has 1 fully saturated rings. The zero-order valence-electron chi connectivity index (χ0n) is 12.7. The van der Waals surface area contributed by atoms with Crippen LogP contribution >= 0.6 is 11.3 Å². The number of carbonyl (C=O) groups is 1. The van der Waals surface area contributed by atoms with Crippen LogP contribution in [0.15, 0.2) is 35.2 Å². The number of hydrogen-bond donors (Lipinski definition) is 0. The second-order valence-electron chi connectivity index (χ2n) is 5.51. The second-order valence-corrected chi connectivity index (χ2v) is 6.29. The summed E-state index contributed by atoms with van der Waals surface area (Å²) in [7, 11) is 3.88. The third-order valence-electron chi connectivity index (χ3n) is 3.67. The highest BCUT2D eigenvalue weighted by Crippen LogP contribution is 2.27. The van der Waals surface area contributed by atoms with E-state index in [1.165, 1.54) is 0 Å². The first-order valence-corrected chi connectivity index (χ1v) is 8.20. The first-order valence-electron chi connectivity index (χ1n) is 7.25. The maximum absolute atomic E-state index is 12.3. The molecule has 2 aromatic rings. The summed E-state index contributed by atoms with van der Waals surface area (Å²) in [4.78, 5) is 20.5. The smallest absolute Gasteiger partial charge is 0.254 e. The van der Waals surface area contributed by atoms with E-state index in [2.05, 4.69) is 4.98 Å². The molecule has 0 saturated carbocycles. The molecule has 6 heteroatoms. The van der Waals surface area contributed by atoms with Gasteiger partial charge >= 0.3 is 0 Å². The average Bonchev–Trinajstić information content (AvgIpc) is 3.18.